The third-order valence-corrected chi connectivity index (χ3v) is 4.95. The van der Waals surface area contributed by atoms with Crippen molar-refractivity contribution in [1.82, 2.24) is 10.2 Å². The molecule has 2 aliphatic heterocycles. The number of likely N-dealkylation sites (tertiary alicyclic amines) is 1. The lowest BCUT2D eigenvalue weighted by atomic mass is 9.99. The third kappa shape index (κ3) is 3.72. The van der Waals surface area contributed by atoms with Crippen LogP contribution >= 0.6 is 0 Å². The second-order valence-electron chi connectivity index (χ2n) is 6.33. The van der Waals surface area contributed by atoms with Crippen molar-refractivity contribution in [3.63, 3.8) is 0 Å². The summed E-state index contributed by atoms with van der Waals surface area (Å²) in [6.07, 6.45) is 6.22. The first-order valence-corrected chi connectivity index (χ1v) is 8.38. The fourth-order valence-corrected chi connectivity index (χ4v) is 3.79. The summed E-state index contributed by atoms with van der Waals surface area (Å²) in [5.74, 6) is 0.454. The molecule has 2 aliphatic rings. The Morgan fingerprint density at radius 3 is 2.67 bits per heavy atom. The molecule has 1 unspecified atom stereocenters. The van der Waals surface area contributed by atoms with Crippen LogP contribution in [0.1, 0.15) is 37.7 Å². The van der Waals surface area contributed by atoms with Gasteiger partial charge in [-0.2, -0.15) is 0 Å². The Morgan fingerprint density at radius 2 is 1.90 bits per heavy atom. The Labute approximate surface area is 127 Å². The molecule has 2 saturated heterocycles. The van der Waals surface area contributed by atoms with Crippen LogP contribution in [-0.4, -0.2) is 42.4 Å². The van der Waals surface area contributed by atoms with Crippen LogP contribution in [0.3, 0.4) is 0 Å². The Hall–Kier alpha value is -1.19. The van der Waals surface area contributed by atoms with Crippen LogP contribution in [0.15, 0.2) is 30.3 Å². The monoisotopic (exact) mass is 286 g/mol. The second kappa shape index (κ2) is 7.19. The van der Waals surface area contributed by atoms with E-state index in [1.165, 1.54) is 24.8 Å². The lowest BCUT2D eigenvalue weighted by Gasteiger charge is -2.35. The van der Waals surface area contributed by atoms with Crippen molar-refractivity contribution in [1.29, 1.82) is 0 Å². The largest absolute Gasteiger partial charge is 0.317 e. The topological polar surface area (TPSA) is 32.3 Å². The number of aryl methyl sites for hydroxylation is 1. The van der Waals surface area contributed by atoms with Gasteiger partial charge in [-0.1, -0.05) is 30.3 Å². The lowest BCUT2D eigenvalue weighted by molar-refractivity contribution is -0.124. The number of rotatable bonds is 5. The highest BCUT2D eigenvalue weighted by molar-refractivity contribution is 5.84. The minimum Gasteiger partial charge on any atom is -0.317 e. The van der Waals surface area contributed by atoms with Gasteiger partial charge in [-0.3, -0.25) is 9.69 Å². The minimum absolute atomic E-state index is 0.191. The van der Waals surface area contributed by atoms with Gasteiger partial charge in [0.2, 0.25) is 0 Å². The molecule has 0 aromatic heterocycles. The summed E-state index contributed by atoms with van der Waals surface area (Å²) in [7, 11) is 0. The Kier molecular flexibility index (Phi) is 5.04. The average molecular weight is 286 g/mol. The number of benzene rings is 1. The first kappa shape index (κ1) is 14.7. The third-order valence-electron chi connectivity index (χ3n) is 4.95. The SMILES string of the molecule is O=C(CCc1ccccc1)C1CCCN1C1CCNCC1. The molecular weight excluding hydrogens is 260 g/mol. The molecule has 1 aromatic rings. The molecule has 0 saturated carbocycles. The van der Waals surface area contributed by atoms with E-state index >= 15 is 0 Å². The molecule has 1 aromatic carbocycles. The molecule has 1 atom stereocenters. The summed E-state index contributed by atoms with van der Waals surface area (Å²) >= 11 is 0. The number of piperidine rings is 1. The van der Waals surface area contributed by atoms with E-state index in [0.29, 0.717) is 18.2 Å². The van der Waals surface area contributed by atoms with Crippen LogP contribution < -0.4 is 5.32 Å². The standard InChI is InChI=1S/C18H26N2O/c21-18(9-8-15-5-2-1-3-6-15)17-7-4-14-20(17)16-10-12-19-13-11-16/h1-3,5-6,16-17,19H,4,7-14H2. The summed E-state index contributed by atoms with van der Waals surface area (Å²) in [6.45, 7) is 3.32. The van der Waals surface area contributed by atoms with E-state index in [0.717, 1.165) is 32.5 Å². The summed E-state index contributed by atoms with van der Waals surface area (Å²) in [6, 6.07) is 11.2. The van der Waals surface area contributed by atoms with Gasteiger partial charge in [0.1, 0.15) is 5.78 Å². The van der Waals surface area contributed by atoms with Crippen molar-refractivity contribution in [3.05, 3.63) is 35.9 Å². The van der Waals surface area contributed by atoms with Crippen LogP contribution in [0.4, 0.5) is 0 Å². The second-order valence-corrected chi connectivity index (χ2v) is 6.33. The maximum absolute atomic E-state index is 12.6. The van der Waals surface area contributed by atoms with Gasteiger partial charge < -0.3 is 5.32 Å². The van der Waals surface area contributed by atoms with Gasteiger partial charge in [0, 0.05) is 12.5 Å². The van der Waals surface area contributed by atoms with E-state index in [9.17, 15) is 4.79 Å². The molecule has 2 fully saturated rings. The predicted octanol–water partition coefficient (Wildman–Crippen LogP) is 2.40. The minimum atomic E-state index is 0.191. The van der Waals surface area contributed by atoms with E-state index in [1.807, 2.05) is 6.07 Å². The van der Waals surface area contributed by atoms with Gasteiger partial charge in [0.05, 0.1) is 6.04 Å². The van der Waals surface area contributed by atoms with E-state index in [4.69, 9.17) is 0 Å². The first-order chi connectivity index (χ1) is 10.3. The zero-order valence-corrected chi connectivity index (χ0v) is 12.8. The molecule has 3 heteroatoms. The van der Waals surface area contributed by atoms with Crippen molar-refractivity contribution in [2.75, 3.05) is 19.6 Å². The molecular formula is C18H26N2O. The summed E-state index contributed by atoms with van der Waals surface area (Å²) in [5.41, 5.74) is 1.28. The van der Waals surface area contributed by atoms with Crippen molar-refractivity contribution < 1.29 is 4.79 Å². The molecule has 2 heterocycles. The fraction of sp³-hybridized carbons (Fsp3) is 0.611. The van der Waals surface area contributed by atoms with Crippen LogP contribution in [-0.2, 0) is 11.2 Å². The highest BCUT2D eigenvalue weighted by Gasteiger charge is 2.35. The molecule has 0 bridgehead atoms. The zero-order valence-electron chi connectivity index (χ0n) is 12.8. The van der Waals surface area contributed by atoms with E-state index in [-0.39, 0.29) is 6.04 Å². The summed E-state index contributed by atoms with van der Waals surface area (Å²) < 4.78 is 0. The van der Waals surface area contributed by atoms with Gasteiger partial charge in [-0.25, -0.2) is 0 Å². The molecule has 0 spiro atoms. The highest BCUT2D eigenvalue weighted by atomic mass is 16.1. The van der Waals surface area contributed by atoms with Crippen LogP contribution in [0.5, 0.6) is 0 Å². The highest BCUT2D eigenvalue weighted by Crippen LogP contribution is 2.26. The van der Waals surface area contributed by atoms with Gasteiger partial charge in [-0.15, -0.1) is 0 Å². The average Bonchev–Trinajstić information content (AvgIpc) is 3.04. The molecule has 21 heavy (non-hydrogen) atoms. The number of carbonyl (C=O) groups is 1. The van der Waals surface area contributed by atoms with Crippen molar-refractivity contribution in [2.45, 2.75) is 50.6 Å². The first-order valence-electron chi connectivity index (χ1n) is 8.38. The van der Waals surface area contributed by atoms with Gasteiger partial charge in [-0.05, 0) is 57.3 Å². The van der Waals surface area contributed by atoms with E-state index in [2.05, 4.69) is 34.5 Å². The lowest BCUT2D eigenvalue weighted by Crippen LogP contribution is -2.47. The molecule has 0 amide bonds. The van der Waals surface area contributed by atoms with Crippen molar-refractivity contribution in [2.24, 2.45) is 0 Å². The molecule has 0 radical (unpaired) electrons. The van der Waals surface area contributed by atoms with Crippen LogP contribution in [0, 0.1) is 0 Å². The Bertz CT molecular complexity index is 454. The Morgan fingerprint density at radius 1 is 1.14 bits per heavy atom. The van der Waals surface area contributed by atoms with Gasteiger partial charge >= 0.3 is 0 Å². The fourth-order valence-electron chi connectivity index (χ4n) is 3.79. The van der Waals surface area contributed by atoms with Crippen LogP contribution in [0.2, 0.25) is 0 Å². The molecule has 1 N–H and O–H groups in total. The quantitative estimate of drug-likeness (QED) is 0.902. The number of Topliss-reactive ketones (excluding diaryl/α,β-unsaturated/α-hetero) is 1. The van der Waals surface area contributed by atoms with Crippen LogP contribution in [0.25, 0.3) is 0 Å². The van der Waals surface area contributed by atoms with Gasteiger partial charge in [0.15, 0.2) is 0 Å². The van der Waals surface area contributed by atoms with Crippen molar-refractivity contribution >= 4 is 5.78 Å². The normalized spacial score (nSPS) is 24.3. The number of ketones is 1. The number of nitrogens with one attached hydrogen (secondary N) is 1. The molecule has 3 nitrogen and oxygen atoms in total. The smallest absolute Gasteiger partial charge is 0.150 e. The molecule has 114 valence electrons. The molecule has 0 aliphatic carbocycles. The Balaban J connectivity index is 1.55. The number of carbonyl (C=O) groups excluding carboxylic acids is 1. The molecule has 3 rings (SSSR count). The maximum Gasteiger partial charge on any atom is 0.150 e. The number of hydrogen-bond acceptors (Lipinski definition) is 3. The van der Waals surface area contributed by atoms with E-state index in [1.54, 1.807) is 0 Å². The summed E-state index contributed by atoms with van der Waals surface area (Å²) in [5, 5.41) is 3.42. The predicted molar refractivity (Wildman–Crippen MR) is 85.4 cm³/mol. The van der Waals surface area contributed by atoms with Gasteiger partial charge in [0.25, 0.3) is 0 Å². The number of hydrogen-bond donors (Lipinski definition) is 1. The summed E-state index contributed by atoms with van der Waals surface area (Å²) in [4.78, 5) is 15.1. The maximum atomic E-state index is 12.6. The van der Waals surface area contributed by atoms with E-state index < -0.39 is 0 Å². The van der Waals surface area contributed by atoms with Crippen molar-refractivity contribution in [3.8, 4) is 0 Å². The number of nitrogens with zero attached hydrogens (tertiary/aromatic N) is 1. The zero-order chi connectivity index (χ0) is 14.5.